The van der Waals surface area contributed by atoms with Crippen LogP contribution < -0.4 is 10.4 Å². The lowest BCUT2D eigenvalue weighted by molar-refractivity contribution is -0.163. The molecule has 0 aliphatic carbocycles. The Labute approximate surface area is 98.7 Å². The van der Waals surface area contributed by atoms with E-state index in [0.717, 1.165) is 18.2 Å². The minimum Gasteiger partial charge on any atom is -0.348 e. The first-order chi connectivity index (χ1) is 8.47. The number of nitrogens with zero attached hydrogens (tertiary/aromatic N) is 1. The molecule has 6 nitrogen and oxygen atoms in total. The second-order valence-electron chi connectivity index (χ2n) is 3.11. The van der Waals surface area contributed by atoms with E-state index in [0.29, 0.717) is 12.5 Å². The molecule has 0 aromatic heterocycles. The SMILES string of the molecule is N#CC(O)(F)c1ccc(=COO)c(=COO)c1F. The van der Waals surface area contributed by atoms with Gasteiger partial charge in [0.05, 0.1) is 10.8 Å². The zero-order chi connectivity index (χ0) is 13.8. The van der Waals surface area contributed by atoms with Crippen LogP contribution in [-0.2, 0) is 15.6 Å². The van der Waals surface area contributed by atoms with Crippen LogP contribution in [0.2, 0.25) is 0 Å². The molecule has 1 aromatic carbocycles. The maximum absolute atomic E-state index is 13.8. The van der Waals surface area contributed by atoms with E-state index in [1.807, 2.05) is 0 Å². The van der Waals surface area contributed by atoms with Crippen molar-refractivity contribution in [2.24, 2.45) is 0 Å². The first kappa shape index (κ1) is 13.9. The van der Waals surface area contributed by atoms with E-state index in [4.69, 9.17) is 20.9 Å². The van der Waals surface area contributed by atoms with Gasteiger partial charge in [0.15, 0.2) is 0 Å². The molecule has 3 N–H and O–H groups in total. The second-order valence-corrected chi connectivity index (χ2v) is 3.11. The van der Waals surface area contributed by atoms with Crippen molar-refractivity contribution in [2.45, 2.75) is 5.85 Å². The molecule has 0 aliphatic rings. The number of nitriles is 1. The zero-order valence-corrected chi connectivity index (χ0v) is 8.67. The van der Waals surface area contributed by atoms with Crippen LogP contribution in [-0.4, -0.2) is 15.6 Å². The highest BCUT2D eigenvalue weighted by Gasteiger charge is 2.32. The maximum atomic E-state index is 13.8. The van der Waals surface area contributed by atoms with E-state index >= 15 is 0 Å². The Balaban J connectivity index is 3.67. The summed E-state index contributed by atoms with van der Waals surface area (Å²) in [6, 6.07) is 2.67. The minimum atomic E-state index is -3.54. The molecule has 0 heterocycles. The number of hydrogen-bond donors (Lipinski definition) is 3. The summed E-state index contributed by atoms with van der Waals surface area (Å²) < 4.78 is 27.1. The van der Waals surface area contributed by atoms with Crippen molar-refractivity contribution in [3.8, 4) is 6.07 Å². The third-order valence-corrected chi connectivity index (χ3v) is 2.07. The Hall–Kier alpha value is -2.21. The van der Waals surface area contributed by atoms with Crippen LogP contribution in [0.1, 0.15) is 5.56 Å². The molecule has 0 saturated heterocycles. The third-order valence-electron chi connectivity index (χ3n) is 2.07. The fourth-order valence-corrected chi connectivity index (χ4v) is 1.26. The normalized spacial score (nSPS) is 16.0. The molecule has 1 aromatic rings. The summed E-state index contributed by atoms with van der Waals surface area (Å²) >= 11 is 0. The molecule has 0 amide bonds. The van der Waals surface area contributed by atoms with Crippen molar-refractivity contribution in [2.75, 3.05) is 0 Å². The van der Waals surface area contributed by atoms with Crippen LogP contribution in [0.4, 0.5) is 8.78 Å². The third kappa shape index (κ3) is 2.54. The van der Waals surface area contributed by atoms with Gasteiger partial charge in [0.25, 0.3) is 0 Å². The lowest BCUT2D eigenvalue weighted by Crippen LogP contribution is -2.33. The zero-order valence-electron chi connectivity index (χ0n) is 8.67. The van der Waals surface area contributed by atoms with E-state index in [9.17, 15) is 8.78 Å². The van der Waals surface area contributed by atoms with Crippen LogP contribution in [0.3, 0.4) is 0 Å². The van der Waals surface area contributed by atoms with E-state index in [2.05, 4.69) is 9.78 Å². The Morgan fingerprint density at radius 3 is 2.39 bits per heavy atom. The van der Waals surface area contributed by atoms with Gasteiger partial charge in [0, 0.05) is 5.22 Å². The highest BCUT2D eigenvalue weighted by molar-refractivity contribution is 5.34. The highest BCUT2D eigenvalue weighted by Crippen LogP contribution is 2.21. The topological polar surface area (TPSA) is 103 Å². The van der Waals surface area contributed by atoms with Crippen molar-refractivity contribution in [3.05, 3.63) is 34.0 Å². The Morgan fingerprint density at radius 1 is 1.28 bits per heavy atom. The molecule has 96 valence electrons. The second kappa shape index (κ2) is 5.42. The molecule has 0 bridgehead atoms. The van der Waals surface area contributed by atoms with E-state index in [1.54, 1.807) is 0 Å². The summed E-state index contributed by atoms with van der Waals surface area (Å²) in [7, 11) is 0. The lowest BCUT2D eigenvalue weighted by Gasteiger charge is -2.11. The van der Waals surface area contributed by atoms with Gasteiger partial charge < -0.3 is 14.9 Å². The van der Waals surface area contributed by atoms with Gasteiger partial charge in [-0.1, -0.05) is 6.07 Å². The Morgan fingerprint density at radius 2 is 1.89 bits per heavy atom. The molecule has 18 heavy (non-hydrogen) atoms. The average molecular weight is 259 g/mol. The number of hydrogen-bond acceptors (Lipinski definition) is 6. The molecule has 0 saturated carbocycles. The van der Waals surface area contributed by atoms with Crippen molar-refractivity contribution in [1.29, 1.82) is 5.26 Å². The van der Waals surface area contributed by atoms with Gasteiger partial charge in [0.2, 0.25) is 0 Å². The summed E-state index contributed by atoms with van der Waals surface area (Å²) in [5.41, 5.74) is -0.969. The van der Waals surface area contributed by atoms with Crippen LogP contribution in [0.15, 0.2) is 12.1 Å². The number of rotatable bonds is 3. The average Bonchev–Trinajstić information content (AvgIpc) is 2.34. The van der Waals surface area contributed by atoms with Gasteiger partial charge in [-0.3, -0.25) is 0 Å². The van der Waals surface area contributed by atoms with Crippen molar-refractivity contribution in [1.82, 2.24) is 0 Å². The standard InChI is InChI=1S/C10H7F2NO5/c11-9-7(4-18-16)6(3-17-15)1-2-8(9)10(12,14)5-13/h1-4,14-16H. The van der Waals surface area contributed by atoms with Crippen molar-refractivity contribution >= 4 is 12.5 Å². The fourth-order valence-electron chi connectivity index (χ4n) is 1.26. The first-order valence-corrected chi connectivity index (χ1v) is 4.40. The predicted octanol–water partition coefficient (Wildman–Crippen LogP) is -0.0809. The van der Waals surface area contributed by atoms with Gasteiger partial charge >= 0.3 is 5.85 Å². The van der Waals surface area contributed by atoms with Crippen LogP contribution in [0, 0.1) is 17.1 Å². The molecule has 8 heteroatoms. The molecule has 0 radical (unpaired) electrons. The summed E-state index contributed by atoms with van der Waals surface area (Å²) in [6.07, 6.45) is 1.14. The number of benzene rings is 1. The maximum Gasteiger partial charge on any atom is 0.323 e. The first-order valence-electron chi connectivity index (χ1n) is 4.40. The molecular formula is C10H7F2NO5. The van der Waals surface area contributed by atoms with E-state index in [-0.39, 0.29) is 5.22 Å². The molecule has 1 unspecified atom stereocenters. The predicted molar refractivity (Wildman–Crippen MR) is 52.6 cm³/mol. The number of aliphatic hydroxyl groups is 1. The summed E-state index contributed by atoms with van der Waals surface area (Å²) in [5.74, 6) is -4.90. The number of alkyl halides is 1. The van der Waals surface area contributed by atoms with Gasteiger partial charge in [-0.25, -0.2) is 14.9 Å². The Bertz CT molecular complexity index is 594. The monoisotopic (exact) mass is 259 g/mol. The summed E-state index contributed by atoms with van der Waals surface area (Å²) in [4.78, 5) is 7.24. The van der Waals surface area contributed by atoms with E-state index in [1.165, 1.54) is 0 Å². The fraction of sp³-hybridized carbons (Fsp3) is 0.100. The minimum absolute atomic E-state index is 0.124. The van der Waals surface area contributed by atoms with E-state index < -0.39 is 22.5 Å². The van der Waals surface area contributed by atoms with Crippen molar-refractivity contribution in [3.63, 3.8) is 0 Å². The van der Waals surface area contributed by atoms with Gasteiger partial charge in [-0.2, -0.15) is 9.65 Å². The van der Waals surface area contributed by atoms with Gasteiger partial charge in [-0.05, 0) is 6.07 Å². The molecule has 1 rings (SSSR count). The van der Waals surface area contributed by atoms with Crippen molar-refractivity contribution < 1.29 is 34.2 Å². The molecule has 0 spiro atoms. The van der Waals surface area contributed by atoms with Crippen LogP contribution in [0.5, 0.6) is 0 Å². The molecule has 0 aliphatic heterocycles. The van der Waals surface area contributed by atoms with Gasteiger partial charge in [-0.15, -0.1) is 0 Å². The molecular weight excluding hydrogens is 252 g/mol. The largest absolute Gasteiger partial charge is 0.348 e. The molecule has 1 atom stereocenters. The smallest absolute Gasteiger partial charge is 0.323 e. The summed E-state index contributed by atoms with van der Waals surface area (Å²) in [5, 5.41) is 33.2. The van der Waals surface area contributed by atoms with Crippen LogP contribution >= 0.6 is 0 Å². The Kier molecular flexibility index (Phi) is 4.17. The highest BCUT2D eigenvalue weighted by atomic mass is 19.2. The molecule has 0 fully saturated rings. The lowest BCUT2D eigenvalue weighted by atomic mass is 10.1. The van der Waals surface area contributed by atoms with Crippen LogP contribution in [0.25, 0.3) is 12.5 Å². The quantitative estimate of drug-likeness (QED) is 0.398. The summed E-state index contributed by atoms with van der Waals surface area (Å²) in [6.45, 7) is 0. The van der Waals surface area contributed by atoms with Gasteiger partial charge in [0.1, 0.15) is 24.4 Å². The number of halogens is 2.